The number of rotatable bonds is 3. The first-order valence-corrected chi connectivity index (χ1v) is 8.44. The quantitative estimate of drug-likeness (QED) is 0.803. The van der Waals surface area contributed by atoms with Gasteiger partial charge in [0.2, 0.25) is 0 Å². The van der Waals surface area contributed by atoms with E-state index in [1.54, 1.807) is 12.0 Å². The van der Waals surface area contributed by atoms with Gasteiger partial charge in [0.05, 0.1) is 6.10 Å². The van der Waals surface area contributed by atoms with Crippen LogP contribution in [-0.2, 0) is 9.47 Å². The van der Waals surface area contributed by atoms with E-state index in [9.17, 15) is 4.79 Å². The maximum absolute atomic E-state index is 12.1. The van der Waals surface area contributed by atoms with E-state index in [4.69, 9.17) is 21.1 Å². The Bertz CT molecular complexity index is 516. The van der Waals surface area contributed by atoms with Gasteiger partial charge in [0.15, 0.2) is 0 Å². The summed E-state index contributed by atoms with van der Waals surface area (Å²) in [5, 5.41) is 0.725. The normalized spacial score (nSPS) is 17.9. The smallest absolute Gasteiger partial charge is 0.410 e. The number of amides is 1. The molecule has 1 aromatic rings. The van der Waals surface area contributed by atoms with Crippen molar-refractivity contribution in [2.75, 3.05) is 20.2 Å². The SMILES string of the molecule is COC(c1ccc(Cl)cc1)C1CCN(C(=O)OC(C)(C)C)CC1. The predicted octanol–water partition coefficient (Wildman–Crippen LogP) is 4.67. The van der Waals surface area contributed by atoms with E-state index in [2.05, 4.69) is 0 Å². The molecule has 1 amide bonds. The number of hydrogen-bond acceptors (Lipinski definition) is 3. The highest BCUT2D eigenvalue weighted by molar-refractivity contribution is 6.30. The summed E-state index contributed by atoms with van der Waals surface area (Å²) in [7, 11) is 1.74. The lowest BCUT2D eigenvalue weighted by atomic mass is 9.87. The number of piperidine rings is 1. The lowest BCUT2D eigenvalue weighted by molar-refractivity contribution is -0.00231. The van der Waals surface area contributed by atoms with Crippen LogP contribution in [0.2, 0.25) is 5.02 Å². The summed E-state index contributed by atoms with van der Waals surface area (Å²) in [6, 6.07) is 7.80. The van der Waals surface area contributed by atoms with Crippen LogP contribution in [0.15, 0.2) is 24.3 Å². The number of ether oxygens (including phenoxy) is 2. The Balaban J connectivity index is 1.94. The highest BCUT2D eigenvalue weighted by Gasteiger charge is 2.31. The van der Waals surface area contributed by atoms with Crippen molar-refractivity contribution in [3.8, 4) is 0 Å². The number of likely N-dealkylation sites (tertiary alicyclic amines) is 1. The van der Waals surface area contributed by atoms with E-state index in [1.807, 2.05) is 45.0 Å². The van der Waals surface area contributed by atoms with Gasteiger partial charge in [-0.2, -0.15) is 0 Å². The second-order valence-corrected chi connectivity index (χ2v) is 7.45. The lowest BCUT2D eigenvalue weighted by Gasteiger charge is -2.36. The topological polar surface area (TPSA) is 38.8 Å². The molecule has 128 valence electrons. The zero-order valence-electron chi connectivity index (χ0n) is 14.3. The molecule has 1 atom stereocenters. The summed E-state index contributed by atoms with van der Waals surface area (Å²) in [5.74, 6) is 0.389. The lowest BCUT2D eigenvalue weighted by Crippen LogP contribution is -2.42. The van der Waals surface area contributed by atoms with Crippen LogP contribution < -0.4 is 0 Å². The van der Waals surface area contributed by atoms with E-state index in [-0.39, 0.29) is 12.2 Å². The second kappa shape index (κ2) is 7.54. The number of nitrogens with zero attached hydrogens (tertiary/aromatic N) is 1. The second-order valence-electron chi connectivity index (χ2n) is 7.01. The van der Waals surface area contributed by atoms with Crippen LogP contribution in [-0.4, -0.2) is 36.8 Å². The first kappa shape index (κ1) is 18.1. The average Bonchev–Trinajstić information content (AvgIpc) is 2.49. The van der Waals surface area contributed by atoms with E-state index < -0.39 is 5.60 Å². The maximum atomic E-state index is 12.1. The fraction of sp³-hybridized carbons (Fsp3) is 0.611. The molecule has 0 N–H and O–H groups in total. The number of methoxy groups -OCH3 is 1. The van der Waals surface area contributed by atoms with E-state index in [0.717, 1.165) is 23.4 Å². The van der Waals surface area contributed by atoms with Crippen LogP contribution in [0.5, 0.6) is 0 Å². The third-order valence-corrected chi connectivity index (χ3v) is 4.32. The number of hydrogen-bond donors (Lipinski definition) is 0. The molecular formula is C18H26ClNO3. The Kier molecular flexibility index (Phi) is 5.93. The van der Waals surface area contributed by atoms with Crippen molar-refractivity contribution < 1.29 is 14.3 Å². The molecule has 4 nitrogen and oxygen atoms in total. The van der Waals surface area contributed by atoms with E-state index in [0.29, 0.717) is 19.0 Å². The minimum atomic E-state index is -0.452. The summed E-state index contributed by atoms with van der Waals surface area (Å²) in [5.41, 5.74) is 0.680. The first-order chi connectivity index (χ1) is 10.8. The number of benzene rings is 1. The van der Waals surface area contributed by atoms with Crippen LogP contribution in [0.4, 0.5) is 4.79 Å². The van der Waals surface area contributed by atoms with Crippen molar-refractivity contribution >= 4 is 17.7 Å². The van der Waals surface area contributed by atoms with Gasteiger partial charge in [-0.05, 0) is 57.2 Å². The third-order valence-electron chi connectivity index (χ3n) is 4.07. The van der Waals surface area contributed by atoms with Crippen molar-refractivity contribution in [1.82, 2.24) is 4.90 Å². The van der Waals surface area contributed by atoms with Gasteiger partial charge in [-0.15, -0.1) is 0 Å². The maximum Gasteiger partial charge on any atom is 0.410 e. The molecule has 5 heteroatoms. The van der Waals surface area contributed by atoms with Gasteiger partial charge < -0.3 is 14.4 Å². The van der Waals surface area contributed by atoms with Gasteiger partial charge in [0.1, 0.15) is 5.60 Å². The predicted molar refractivity (Wildman–Crippen MR) is 91.7 cm³/mol. The zero-order chi connectivity index (χ0) is 17.0. The van der Waals surface area contributed by atoms with Crippen LogP contribution in [0.1, 0.15) is 45.3 Å². The summed E-state index contributed by atoms with van der Waals surface area (Å²) in [4.78, 5) is 13.9. The minimum Gasteiger partial charge on any atom is -0.444 e. The van der Waals surface area contributed by atoms with Gasteiger partial charge >= 0.3 is 6.09 Å². The molecular weight excluding hydrogens is 314 g/mol. The minimum absolute atomic E-state index is 0.0352. The number of halogens is 1. The van der Waals surface area contributed by atoms with E-state index >= 15 is 0 Å². The Morgan fingerprint density at radius 2 is 1.78 bits per heavy atom. The van der Waals surface area contributed by atoms with Crippen LogP contribution >= 0.6 is 11.6 Å². The standard InChI is InChI=1S/C18H26ClNO3/c1-18(2,3)23-17(21)20-11-9-14(10-12-20)16(22-4)13-5-7-15(19)8-6-13/h5-8,14,16H,9-12H2,1-4H3. The molecule has 1 saturated heterocycles. The molecule has 0 spiro atoms. The molecule has 0 saturated carbocycles. The Morgan fingerprint density at radius 1 is 1.22 bits per heavy atom. The molecule has 0 radical (unpaired) electrons. The van der Waals surface area contributed by atoms with Crippen LogP contribution in [0.3, 0.4) is 0 Å². The summed E-state index contributed by atoms with van der Waals surface area (Å²) in [6.45, 7) is 7.07. The molecule has 0 aromatic heterocycles. The molecule has 0 aliphatic carbocycles. The molecule has 2 rings (SSSR count). The number of carbonyl (C=O) groups is 1. The van der Waals surface area contributed by atoms with Gasteiger partial charge in [-0.1, -0.05) is 23.7 Å². The van der Waals surface area contributed by atoms with Crippen molar-refractivity contribution in [2.45, 2.75) is 45.3 Å². The molecule has 1 aromatic carbocycles. The molecule has 1 aliphatic heterocycles. The van der Waals surface area contributed by atoms with Gasteiger partial charge in [-0.3, -0.25) is 0 Å². The largest absolute Gasteiger partial charge is 0.444 e. The number of carbonyl (C=O) groups excluding carboxylic acids is 1. The zero-order valence-corrected chi connectivity index (χ0v) is 15.1. The van der Waals surface area contributed by atoms with E-state index in [1.165, 1.54) is 0 Å². The molecule has 1 aliphatic rings. The molecule has 1 unspecified atom stereocenters. The highest BCUT2D eigenvalue weighted by atomic mass is 35.5. The Hall–Kier alpha value is -1.26. The fourth-order valence-corrected chi connectivity index (χ4v) is 3.09. The Morgan fingerprint density at radius 3 is 2.26 bits per heavy atom. The molecule has 23 heavy (non-hydrogen) atoms. The van der Waals surface area contributed by atoms with Gasteiger partial charge in [-0.25, -0.2) is 4.79 Å². The van der Waals surface area contributed by atoms with Crippen molar-refractivity contribution in [2.24, 2.45) is 5.92 Å². The summed E-state index contributed by atoms with van der Waals surface area (Å²) in [6.07, 6.45) is 1.62. The first-order valence-electron chi connectivity index (χ1n) is 8.06. The average molecular weight is 340 g/mol. The fourth-order valence-electron chi connectivity index (χ4n) is 2.96. The molecule has 0 bridgehead atoms. The Labute approximate surface area is 143 Å². The van der Waals surface area contributed by atoms with Crippen molar-refractivity contribution in [3.63, 3.8) is 0 Å². The van der Waals surface area contributed by atoms with Crippen LogP contribution in [0, 0.1) is 5.92 Å². The summed E-state index contributed by atoms with van der Waals surface area (Å²) >= 11 is 5.95. The highest BCUT2D eigenvalue weighted by Crippen LogP contribution is 2.34. The van der Waals surface area contributed by atoms with Crippen molar-refractivity contribution in [3.05, 3.63) is 34.9 Å². The molecule has 1 fully saturated rings. The van der Waals surface area contributed by atoms with Gasteiger partial charge in [0.25, 0.3) is 0 Å². The molecule has 1 heterocycles. The van der Waals surface area contributed by atoms with Crippen molar-refractivity contribution in [1.29, 1.82) is 0 Å². The third kappa shape index (κ3) is 5.11. The summed E-state index contributed by atoms with van der Waals surface area (Å²) < 4.78 is 11.2. The van der Waals surface area contributed by atoms with Crippen LogP contribution in [0.25, 0.3) is 0 Å². The van der Waals surface area contributed by atoms with Gasteiger partial charge in [0, 0.05) is 25.2 Å². The monoisotopic (exact) mass is 339 g/mol.